The molecule has 19 heavy (non-hydrogen) atoms. The number of hydrogen-bond donors (Lipinski definition) is 1. The second-order valence-electron chi connectivity index (χ2n) is 6.50. The topological polar surface area (TPSA) is 28.4 Å². The quantitative estimate of drug-likeness (QED) is 0.820. The maximum atomic E-state index is 5.82. The van der Waals surface area contributed by atoms with E-state index in [2.05, 4.69) is 51.0 Å². The molecule has 0 radical (unpaired) electrons. The van der Waals surface area contributed by atoms with E-state index in [1.165, 1.54) is 18.5 Å². The first-order chi connectivity index (χ1) is 8.95. The van der Waals surface area contributed by atoms with Gasteiger partial charge in [0.1, 0.15) is 11.5 Å². The Kier molecular flexibility index (Phi) is 4.69. The van der Waals surface area contributed by atoms with E-state index in [9.17, 15) is 0 Å². The smallest absolute Gasteiger partial charge is 0.118 e. The maximum absolute atomic E-state index is 5.82. The van der Waals surface area contributed by atoms with Crippen molar-refractivity contribution < 1.29 is 4.42 Å². The summed E-state index contributed by atoms with van der Waals surface area (Å²) in [5.41, 5.74) is 1.33. The van der Waals surface area contributed by atoms with Crippen molar-refractivity contribution in [1.29, 1.82) is 0 Å². The fraction of sp³-hybridized carbons (Fsp3) is 0.750. The van der Waals surface area contributed by atoms with Crippen molar-refractivity contribution in [2.45, 2.75) is 53.2 Å². The predicted octanol–water partition coefficient (Wildman–Crippen LogP) is 3.17. The number of nitrogens with one attached hydrogen (secondary N) is 1. The maximum Gasteiger partial charge on any atom is 0.118 e. The fourth-order valence-corrected chi connectivity index (χ4v) is 2.55. The van der Waals surface area contributed by atoms with Gasteiger partial charge in [0.05, 0.1) is 6.54 Å². The third-order valence-corrected chi connectivity index (χ3v) is 4.02. The molecule has 3 nitrogen and oxygen atoms in total. The van der Waals surface area contributed by atoms with E-state index < -0.39 is 0 Å². The summed E-state index contributed by atoms with van der Waals surface area (Å²) in [4.78, 5) is 2.42. The summed E-state index contributed by atoms with van der Waals surface area (Å²) in [5, 5.41) is 3.40. The standard InChI is InChI=1S/C16H28N2O/c1-11(2)17-8-16-7-15(13(4)19-16)10-18(5)9-14-6-12(14)3/h7,11-12,14,17H,6,8-10H2,1-5H3. The highest BCUT2D eigenvalue weighted by atomic mass is 16.3. The fourth-order valence-electron chi connectivity index (χ4n) is 2.55. The molecule has 0 spiro atoms. The average Bonchev–Trinajstić information content (AvgIpc) is 2.87. The van der Waals surface area contributed by atoms with Crippen LogP contribution in [0.3, 0.4) is 0 Å². The number of nitrogens with zero attached hydrogens (tertiary/aromatic N) is 1. The summed E-state index contributed by atoms with van der Waals surface area (Å²) >= 11 is 0. The van der Waals surface area contributed by atoms with Gasteiger partial charge in [-0.05, 0) is 38.3 Å². The highest BCUT2D eigenvalue weighted by Crippen LogP contribution is 2.38. The van der Waals surface area contributed by atoms with Crippen molar-refractivity contribution in [1.82, 2.24) is 10.2 Å². The Balaban J connectivity index is 1.85. The average molecular weight is 264 g/mol. The molecule has 2 atom stereocenters. The zero-order chi connectivity index (χ0) is 14.0. The number of rotatable bonds is 7. The minimum Gasteiger partial charge on any atom is -0.465 e. The molecule has 1 aliphatic carbocycles. The first-order valence-corrected chi connectivity index (χ1v) is 7.45. The molecule has 3 heteroatoms. The number of hydrogen-bond acceptors (Lipinski definition) is 3. The lowest BCUT2D eigenvalue weighted by Gasteiger charge is -2.15. The third-order valence-electron chi connectivity index (χ3n) is 4.02. The zero-order valence-corrected chi connectivity index (χ0v) is 13.0. The Bertz CT molecular complexity index is 411. The van der Waals surface area contributed by atoms with Gasteiger partial charge in [0.25, 0.3) is 0 Å². The molecule has 0 saturated heterocycles. The Morgan fingerprint density at radius 2 is 2.16 bits per heavy atom. The highest BCUT2D eigenvalue weighted by molar-refractivity contribution is 5.20. The molecule has 1 heterocycles. The molecule has 0 amide bonds. The Hall–Kier alpha value is -0.800. The normalized spacial score (nSPS) is 22.5. The molecule has 0 aliphatic heterocycles. The molecular formula is C16H28N2O. The summed E-state index contributed by atoms with van der Waals surface area (Å²) in [6.07, 6.45) is 1.40. The van der Waals surface area contributed by atoms with Crippen LogP contribution in [-0.2, 0) is 13.1 Å². The van der Waals surface area contributed by atoms with Crippen molar-refractivity contribution in [3.63, 3.8) is 0 Å². The molecule has 1 fully saturated rings. The van der Waals surface area contributed by atoms with Crippen LogP contribution < -0.4 is 5.32 Å². The number of furan rings is 1. The molecular weight excluding hydrogens is 236 g/mol. The second-order valence-corrected chi connectivity index (χ2v) is 6.50. The van der Waals surface area contributed by atoms with Crippen LogP contribution in [0.15, 0.2) is 10.5 Å². The van der Waals surface area contributed by atoms with E-state index >= 15 is 0 Å². The second kappa shape index (κ2) is 6.10. The summed E-state index contributed by atoms with van der Waals surface area (Å²) < 4.78 is 5.82. The Morgan fingerprint density at radius 1 is 1.47 bits per heavy atom. The van der Waals surface area contributed by atoms with Crippen LogP contribution in [0, 0.1) is 18.8 Å². The lowest BCUT2D eigenvalue weighted by Crippen LogP contribution is -2.21. The largest absolute Gasteiger partial charge is 0.465 e. The first-order valence-electron chi connectivity index (χ1n) is 7.45. The van der Waals surface area contributed by atoms with E-state index in [0.717, 1.165) is 36.4 Å². The van der Waals surface area contributed by atoms with Crippen LogP contribution in [-0.4, -0.2) is 24.5 Å². The van der Waals surface area contributed by atoms with Crippen molar-refractivity contribution in [2.75, 3.05) is 13.6 Å². The van der Waals surface area contributed by atoms with E-state index in [1.807, 2.05) is 0 Å². The van der Waals surface area contributed by atoms with Gasteiger partial charge >= 0.3 is 0 Å². The first kappa shape index (κ1) is 14.6. The van der Waals surface area contributed by atoms with Crippen LogP contribution in [0.25, 0.3) is 0 Å². The molecule has 1 saturated carbocycles. The predicted molar refractivity (Wildman–Crippen MR) is 79.0 cm³/mol. The SMILES string of the molecule is Cc1oc(CNC(C)C)cc1CN(C)CC1CC1C. The van der Waals surface area contributed by atoms with Gasteiger partial charge in [-0.1, -0.05) is 20.8 Å². The third kappa shape index (κ3) is 4.36. The Labute approximate surface area is 117 Å². The van der Waals surface area contributed by atoms with Gasteiger partial charge in [-0.3, -0.25) is 0 Å². The van der Waals surface area contributed by atoms with Gasteiger partial charge in [0.2, 0.25) is 0 Å². The van der Waals surface area contributed by atoms with Gasteiger partial charge in [0, 0.05) is 24.7 Å². The van der Waals surface area contributed by atoms with Crippen molar-refractivity contribution in [2.24, 2.45) is 11.8 Å². The van der Waals surface area contributed by atoms with Crippen LogP contribution >= 0.6 is 0 Å². The van der Waals surface area contributed by atoms with E-state index in [-0.39, 0.29) is 0 Å². The summed E-state index contributed by atoms with van der Waals surface area (Å²) in [6, 6.07) is 2.70. The monoisotopic (exact) mass is 264 g/mol. The molecule has 1 aliphatic rings. The lowest BCUT2D eigenvalue weighted by atomic mass is 10.2. The molecule has 1 aromatic heterocycles. The van der Waals surface area contributed by atoms with Crippen LogP contribution in [0.1, 0.15) is 44.3 Å². The summed E-state index contributed by atoms with van der Waals surface area (Å²) in [5.74, 6) is 3.96. The van der Waals surface area contributed by atoms with E-state index in [4.69, 9.17) is 4.42 Å². The zero-order valence-electron chi connectivity index (χ0n) is 13.0. The van der Waals surface area contributed by atoms with Crippen molar-refractivity contribution >= 4 is 0 Å². The Morgan fingerprint density at radius 3 is 2.74 bits per heavy atom. The molecule has 0 aromatic carbocycles. The van der Waals surface area contributed by atoms with Gasteiger partial charge < -0.3 is 14.6 Å². The molecule has 1 N–H and O–H groups in total. The van der Waals surface area contributed by atoms with Gasteiger partial charge in [-0.25, -0.2) is 0 Å². The van der Waals surface area contributed by atoms with E-state index in [0.29, 0.717) is 6.04 Å². The van der Waals surface area contributed by atoms with Crippen LogP contribution in [0.5, 0.6) is 0 Å². The lowest BCUT2D eigenvalue weighted by molar-refractivity contribution is 0.305. The summed E-state index contributed by atoms with van der Waals surface area (Å²) in [7, 11) is 2.21. The van der Waals surface area contributed by atoms with Crippen LogP contribution in [0.2, 0.25) is 0 Å². The number of aryl methyl sites for hydroxylation is 1. The molecule has 2 rings (SSSR count). The minimum atomic E-state index is 0.493. The summed E-state index contributed by atoms with van der Waals surface area (Å²) in [6.45, 7) is 11.8. The van der Waals surface area contributed by atoms with Gasteiger partial charge in [-0.2, -0.15) is 0 Å². The molecule has 0 bridgehead atoms. The highest BCUT2D eigenvalue weighted by Gasteiger charge is 2.33. The minimum absolute atomic E-state index is 0.493. The van der Waals surface area contributed by atoms with Gasteiger partial charge in [0.15, 0.2) is 0 Å². The van der Waals surface area contributed by atoms with Crippen molar-refractivity contribution in [3.05, 3.63) is 23.2 Å². The van der Waals surface area contributed by atoms with Crippen LogP contribution in [0.4, 0.5) is 0 Å². The molecule has 1 aromatic rings. The van der Waals surface area contributed by atoms with Crippen molar-refractivity contribution in [3.8, 4) is 0 Å². The molecule has 2 unspecified atom stereocenters. The van der Waals surface area contributed by atoms with Gasteiger partial charge in [-0.15, -0.1) is 0 Å². The molecule has 108 valence electrons. The van der Waals surface area contributed by atoms with E-state index in [1.54, 1.807) is 0 Å².